The molecule has 3 unspecified atom stereocenters. The lowest BCUT2D eigenvalue weighted by Gasteiger charge is -2.19. The molecule has 1 saturated heterocycles. The van der Waals surface area contributed by atoms with E-state index in [2.05, 4.69) is 0 Å². The molecule has 1 N–H and O–H groups in total. The van der Waals surface area contributed by atoms with Crippen LogP contribution < -0.4 is 0 Å². The van der Waals surface area contributed by atoms with Crippen molar-refractivity contribution < 1.29 is 23.1 Å². The molecule has 3 atom stereocenters. The summed E-state index contributed by atoms with van der Waals surface area (Å²) in [5, 5.41) is 9.48. The van der Waals surface area contributed by atoms with E-state index in [-0.39, 0.29) is 24.9 Å². The Morgan fingerprint density at radius 2 is 1.93 bits per heavy atom. The van der Waals surface area contributed by atoms with Crippen LogP contribution in [0.3, 0.4) is 0 Å². The number of amides is 1. The van der Waals surface area contributed by atoms with Crippen LogP contribution in [0.5, 0.6) is 0 Å². The molecular formula is C9H12F3NO2. The molecule has 2 aliphatic rings. The van der Waals surface area contributed by atoms with Gasteiger partial charge in [0.1, 0.15) is 0 Å². The molecule has 15 heavy (non-hydrogen) atoms. The van der Waals surface area contributed by atoms with Crippen molar-refractivity contribution in [3.8, 4) is 0 Å². The number of fused-ring (bicyclic) bond motifs is 1. The van der Waals surface area contributed by atoms with E-state index in [0.717, 1.165) is 4.90 Å². The van der Waals surface area contributed by atoms with Crippen LogP contribution in [0.4, 0.5) is 13.2 Å². The first-order valence-corrected chi connectivity index (χ1v) is 4.93. The molecule has 0 aromatic carbocycles. The summed E-state index contributed by atoms with van der Waals surface area (Å²) in [5.74, 6) is -1.88. The Kier molecular flexibility index (Phi) is 2.41. The number of carbonyl (C=O) groups is 1. The van der Waals surface area contributed by atoms with E-state index in [4.69, 9.17) is 0 Å². The van der Waals surface area contributed by atoms with E-state index in [0.29, 0.717) is 12.8 Å². The van der Waals surface area contributed by atoms with Crippen LogP contribution >= 0.6 is 0 Å². The fourth-order valence-corrected chi connectivity index (χ4v) is 2.58. The lowest BCUT2D eigenvalue weighted by molar-refractivity contribution is -0.184. The number of carbonyl (C=O) groups excluding carboxylic acids is 1. The topological polar surface area (TPSA) is 40.5 Å². The number of halogens is 3. The molecule has 0 aromatic heterocycles. The molecule has 1 heterocycles. The molecule has 1 amide bonds. The van der Waals surface area contributed by atoms with Gasteiger partial charge >= 0.3 is 12.1 Å². The Morgan fingerprint density at radius 1 is 1.27 bits per heavy atom. The minimum absolute atomic E-state index is 0.0458. The fraction of sp³-hybridized carbons (Fsp3) is 0.889. The summed E-state index contributed by atoms with van der Waals surface area (Å²) in [6.07, 6.45) is -3.97. The summed E-state index contributed by atoms with van der Waals surface area (Å²) >= 11 is 0. The second-order valence-electron chi connectivity index (χ2n) is 4.28. The predicted molar refractivity (Wildman–Crippen MR) is 44.9 cm³/mol. The number of rotatable bonds is 0. The highest BCUT2D eigenvalue weighted by Gasteiger charge is 2.49. The zero-order valence-electron chi connectivity index (χ0n) is 8.00. The Bertz CT molecular complexity index is 279. The van der Waals surface area contributed by atoms with Crippen molar-refractivity contribution in [1.29, 1.82) is 0 Å². The maximum Gasteiger partial charge on any atom is 0.471 e. The molecule has 6 heteroatoms. The number of nitrogens with zero attached hydrogens (tertiary/aromatic N) is 1. The van der Waals surface area contributed by atoms with Crippen molar-refractivity contribution in [1.82, 2.24) is 4.90 Å². The molecule has 3 nitrogen and oxygen atoms in total. The Morgan fingerprint density at radius 3 is 2.47 bits per heavy atom. The number of aliphatic hydroxyl groups is 1. The fourth-order valence-electron chi connectivity index (χ4n) is 2.58. The lowest BCUT2D eigenvalue weighted by Crippen LogP contribution is -2.40. The van der Waals surface area contributed by atoms with Gasteiger partial charge in [-0.1, -0.05) is 0 Å². The quantitative estimate of drug-likeness (QED) is 0.659. The van der Waals surface area contributed by atoms with Gasteiger partial charge in [-0.15, -0.1) is 0 Å². The van der Waals surface area contributed by atoms with Gasteiger partial charge in [-0.25, -0.2) is 0 Å². The van der Waals surface area contributed by atoms with E-state index in [9.17, 15) is 23.1 Å². The molecule has 0 spiro atoms. The molecule has 0 aromatic rings. The van der Waals surface area contributed by atoms with Crippen LogP contribution in [-0.4, -0.2) is 41.3 Å². The van der Waals surface area contributed by atoms with Crippen molar-refractivity contribution in [3.63, 3.8) is 0 Å². The van der Waals surface area contributed by atoms with E-state index in [1.807, 2.05) is 0 Å². The highest BCUT2D eigenvalue weighted by Crippen LogP contribution is 2.39. The average molecular weight is 223 g/mol. The number of hydrogen-bond donors (Lipinski definition) is 1. The smallest absolute Gasteiger partial charge is 0.393 e. The zero-order chi connectivity index (χ0) is 11.2. The molecule has 1 saturated carbocycles. The SMILES string of the molecule is O=C(N1CC2CCC(O)C2C1)C(F)(F)F. The van der Waals surface area contributed by atoms with Gasteiger partial charge in [0.2, 0.25) is 0 Å². The number of aliphatic hydroxyl groups excluding tert-OH is 1. The molecule has 2 rings (SSSR count). The Hall–Kier alpha value is -0.780. The van der Waals surface area contributed by atoms with Gasteiger partial charge in [0, 0.05) is 19.0 Å². The molecule has 1 aliphatic heterocycles. The molecule has 0 bridgehead atoms. The summed E-state index contributed by atoms with van der Waals surface area (Å²) < 4.78 is 36.4. The second-order valence-corrected chi connectivity index (χ2v) is 4.28. The summed E-state index contributed by atoms with van der Waals surface area (Å²) in [4.78, 5) is 11.7. The Labute approximate surface area is 84.9 Å². The van der Waals surface area contributed by atoms with Crippen molar-refractivity contribution in [2.24, 2.45) is 11.8 Å². The standard InChI is InChI=1S/C9H12F3NO2/c10-9(11,12)8(15)13-3-5-1-2-7(14)6(5)4-13/h5-7,14H,1-4H2. The van der Waals surface area contributed by atoms with Crippen LogP contribution in [0.25, 0.3) is 0 Å². The van der Waals surface area contributed by atoms with Crippen LogP contribution in [0.15, 0.2) is 0 Å². The van der Waals surface area contributed by atoms with Crippen LogP contribution in [-0.2, 0) is 4.79 Å². The second kappa shape index (κ2) is 3.37. The molecule has 0 radical (unpaired) electrons. The number of likely N-dealkylation sites (tertiary alicyclic amines) is 1. The number of hydrogen-bond acceptors (Lipinski definition) is 2. The first-order chi connectivity index (χ1) is 6.89. The highest BCUT2D eigenvalue weighted by atomic mass is 19.4. The minimum atomic E-state index is -4.79. The van der Waals surface area contributed by atoms with E-state index in [1.54, 1.807) is 0 Å². The van der Waals surface area contributed by atoms with E-state index >= 15 is 0 Å². The van der Waals surface area contributed by atoms with Crippen LogP contribution in [0.1, 0.15) is 12.8 Å². The third-order valence-corrected chi connectivity index (χ3v) is 3.35. The third kappa shape index (κ3) is 1.82. The maximum absolute atomic E-state index is 12.1. The van der Waals surface area contributed by atoms with Gasteiger partial charge in [-0.2, -0.15) is 13.2 Å². The Balaban J connectivity index is 2.02. The monoisotopic (exact) mass is 223 g/mol. The van der Waals surface area contributed by atoms with E-state index in [1.165, 1.54) is 0 Å². The van der Waals surface area contributed by atoms with Crippen LogP contribution in [0, 0.1) is 11.8 Å². The maximum atomic E-state index is 12.1. The summed E-state index contributed by atoms with van der Waals surface area (Å²) in [6, 6.07) is 0. The molecule has 1 aliphatic carbocycles. The van der Waals surface area contributed by atoms with Gasteiger partial charge < -0.3 is 10.0 Å². The lowest BCUT2D eigenvalue weighted by atomic mass is 10.00. The molecule has 2 fully saturated rings. The van der Waals surface area contributed by atoms with Gasteiger partial charge in [0.15, 0.2) is 0 Å². The van der Waals surface area contributed by atoms with Gasteiger partial charge in [-0.05, 0) is 18.8 Å². The first-order valence-electron chi connectivity index (χ1n) is 4.93. The average Bonchev–Trinajstić information content (AvgIpc) is 2.66. The van der Waals surface area contributed by atoms with E-state index < -0.39 is 18.2 Å². The van der Waals surface area contributed by atoms with Crippen molar-refractivity contribution in [3.05, 3.63) is 0 Å². The zero-order valence-corrected chi connectivity index (χ0v) is 8.00. The summed E-state index contributed by atoms with van der Waals surface area (Å²) in [6.45, 7) is 0.185. The van der Waals surface area contributed by atoms with Gasteiger partial charge in [0.05, 0.1) is 6.10 Å². The minimum Gasteiger partial charge on any atom is -0.393 e. The third-order valence-electron chi connectivity index (χ3n) is 3.35. The largest absolute Gasteiger partial charge is 0.471 e. The predicted octanol–water partition coefficient (Wildman–Crippen LogP) is 0.778. The number of alkyl halides is 3. The first kappa shape index (κ1) is 10.7. The summed E-state index contributed by atoms with van der Waals surface area (Å²) in [5.41, 5.74) is 0. The van der Waals surface area contributed by atoms with Gasteiger partial charge in [0.25, 0.3) is 0 Å². The highest BCUT2D eigenvalue weighted by molar-refractivity contribution is 5.82. The molecular weight excluding hydrogens is 211 g/mol. The summed E-state index contributed by atoms with van der Waals surface area (Å²) in [7, 11) is 0. The molecule has 86 valence electrons. The van der Waals surface area contributed by atoms with Gasteiger partial charge in [-0.3, -0.25) is 4.79 Å². The normalized spacial score (nSPS) is 35.7. The van der Waals surface area contributed by atoms with Crippen molar-refractivity contribution in [2.75, 3.05) is 13.1 Å². The van der Waals surface area contributed by atoms with Crippen molar-refractivity contribution >= 4 is 5.91 Å². The van der Waals surface area contributed by atoms with Crippen molar-refractivity contribution in [2.45, 2.75) is 25.1 Å². The van der Waals surface area contributed by atoms with Crippen LogP contribution in [0.2, 0.25) is 0 Å².